The summed E-state index contributed by atoms with van der Waals surface area (Å²) in [6.45, 7) is 0. The Balaban J connectivity index is 1.79. The molecule has 1 fully saturated rings. The van der Waals surface area contributed by atoms with Crippen LogP contribution in [0.3, 0.4) is 0 Å². The Hall–Kier alpha value is -2.31. The molecule has 0 amide bonds. The maximum Gasteiger partial charge on any atom is 0.504 e. The average molecular weight is 292 g/mol. The zero-order valence-corrected chi connectivity index (χ0v) is 10.9. The monoisotopic (exact) mass is 292 g/mol. The molecule has 0 atom stereocenters. The van der Waals surface area contributed by atoms with Crippen LogP contribution < -0.4 is 0 Å². The van der Waals surface area contributed by atoms with Crippen molar-refractivity contribution < 1.29 is 13.2 Å². The number of rotatable bonds is 2. The van der Waals surface area contributed by atoms with Crippen molar-refractivity contribution in [2.24, 2.45) is 0 Å². The third kappa shape index (κ3) is 2.09. The first-order chi connectivity index (χ1) is 10.0. The largest absolute Gasteiger partial charge is 0.504 e. The third-order valence-corrected chi connectivity index (χ3v) is 3.72. The van der Waals surface area contributed by atoms with Crippen LogP contribution in [0.2, 0.25) is 0 Å². The number of H-pyrrole nitrogens is 1. The van der Waals surface area contributed by atoms with Crippen molar-refractivity contribution in [3.63, 3.8) is 0 Å². The summed E-state index contributed by atoms with van der Waals surface area (Å²) in [4.78, 5) is 7.37. The van der Waals surface area contributed by atoms with E-state index in [1.807, 2.05) is 12.3 Å². The highest BCUT2D eigenvalue weighted by atomic mass is 19.4. The number of nitrogens with one attached hydrogen (secondary N) is 1. The Labute approximate surface area is 117 Å². The molecule has 0 radical (unpaired) electrons. The van der Waals surface area contributed by atoms with Crippen LogP contribution >= 0.6 is 0 Å². The fraction of sp³-hybridized carbons (Fsp3) is 0.286. The van der Waals surface area contributed by atoms with Gasteiger partial charge in [-0.25, -0.2) is 4.98 Å². The first-order valence-electron chi connectivity index (χ1n) is 6.62. The van der Waals surface area contributed by atoms with Crippen LogP contribution in [0.15, 0.2) is 30.7 Å². The molecule has 0 bridgehead atoms. The van der Waals surface area contributed by atoms with Gasteiger partial charge in [-0.05, 0) is 36.5 Å². The van der Waals surface area contributed by atoms with Gasteiger partial charge in [-0.1, -0.05) is 0 Å². The van der Waals surface area contributed by atoms with Gasteiger partial charge in [0.05, 0.1) is 5.69 Å². The molecule has 3 aromatic heterocycles. The molecule has 0 spiro atoms. The number of hydrogen-bond acceptors (Lipinski definition) is 2. The highest BCUT2D eigenvalue weighted by Crippen LogP contribution is 2.43. The summed E-state index contributed by atoms with van der Waals surface area (Å²) >= 11 is 0. The fourth-order valence-electron chi connectivity index (χ4n) is 2.51. The summed E-state index contributed by atoms with van der Waals surface area (Å²) in [6, 6.07) is 3.20. The van der Waals surface area contributed by atoms with E-state index in [0.29, 0.717) is 11.5 Å². The standard InChI is InChI=1S/C14H11F3N4/c15-14(16,17)21-4-3-12(20-21)9-5-10-11(8-1-2-8)7-19-13(10)18-6-9/h3-8H,1-2H2,(H,18,19). The molecule has 0 unspecified atom stereocenters. The second kappa shape index (κ2) is 4.09. The van der Waals surface area contributed by atoms with Gasteiger partial charge in [0.2, 0.25) is 0 Å². The van der Waals surface area contributed by atoms with Crippen molar-refractivity contribution in [2.75, 3.05) is 0 Å². The summed E-state index contributed by atoms with van der Waals surface area (Å²) in [6.07, 6.45) is 2.20. The first kappa shape index (κ1) is 12.4. The maximum atomic E-state index is 12.6. The van der Waals surface area contributed by atoms with Crippen LogP contribution in [0.5, 0.6) is 0 Å². The quantitative estimate of drug-likeness (QED) is 0.781. The van der Waals surface area contributed by atoms with Crippen LogP contribution in [0.1, 0.15) is 24.3 Å². The van der Waals surface area contributed by atoms with Crippen LogP contribution in [0, 0.1) is 0 Å². The number of pyridine rings is 1. The lowest BCUT2D eigenvalue weighted by Gasteiger charge is -2.04. The molecule has 0 aromatic carbocycles. The molecule has 3 heterocycles. The molecule has 0 saturated heterocycles. The molecule has 1 aliphatic rings. The van der Waals surface area contributed by atoms with E-state index in [0.717, 1.165) is 30.1 Å². The zero-order chi connectivity index (χ0) is 14.6. The maximum absolute atomic E-state index is 12.6. The lowest BCUT2D eigenvalue weighted by atomic mass is 10.1. The molecule has 108 valence electrons. The summed E-state index contributed by atoms with van der Waals surface area (Å²) in [5.74, 6) is 0.545. The number of alkyl halides is 3. The smallest absolute Gasteiger partial charge is 0.346 e. The Morgan fingerprint density at radius 3 is 2.76 bits per heavy atom. The molecule has 0 aliphatic heterocycles. The van der Waals surface area contributed by atoms with E-state index in [1.165, 1.54) is 11.6 Å². The van der Waals surface area contributed by atoms with Gasteiger partial charge in [-0.2, -0.15) is 9.78 Å². The molecule has 4 nitrogen and oxygen atoms in total. The van der Waals surface area contributed by atoms with Gasteiger partial charge in [0.15, 0.2) is 0 Å². The number of halogens is 3. The van der Waals surface area contributed by atoms with Crippen molar-refractivity contribution >= 4 is 11.0 Å². The van der Waals surface area contributed by atoms with Gasteiger partial charge in [0.25, 0.3) is 0 Å². The SMILES string of the molecule is FC(F)(F)n1ccc(-c2cnc3[nH]cc(C4CC4)c3c2)n1. The topological polar surface area (TPSA) is 46.5 Å². The van der Waals surface area contributed by atoms with Crippen LogP contribution in [0.25, 0.3) is 22.3 Å². The first-order valence-corrected chi connectivity index (χ1v) is 6.62. The van der Waals surface area contributed by atoms with Crippen molar-refractivity contribution in [3.05, 3.63) is 36.3 Å². The van der Waals surface area contributed by atoms with Gasteiger partial charge in [0.1, 0.15) is 5.65 Å². The highest BCUT2D eigenvalue weighted by molar-refractivity contribution is 5.84. The van der Waals surface area contributed by atoms with Gasteiger partial charge in [-0.15, -0.1) is 13.2 Å². The second-order valence-corrected chi connectivity index (χ2v) is 5.25. The average Bonchev–Trinajstić information content (AvgIpc) is 3.01. The van der Waals surface area contributed by atoms with E-state index in [1.54, 1.807) is 6.20 Å². The van der Waals surface area contributed by atoms with E-state index in [-0.39, 0.29) is 10.4 Å². The Morgan fingerprint density at radius 1 is 1.29 bits per heavy atom. The highest BCUT2D eigenvalue weighted by Gasteiger charge is 2.32. The second-order valence-electron chi connectivity index (χ2n) is 5.25. The Kier molecular flexibility index (Phi) is 2.42. The predicted molar refractivity (Wildman–Crippen MR) is 70.6 cm³/mol. The minimum Gasteiger partial charge on any atom is -0.346 e. The number of aromatic nitrogens is 4. The molecule has 1 aliphatic carbocycles. The third-order valence-electron chi connectivity index (χ3n) is 3.72. The number of hydrogen-bond donors (Lipinski definition) is 1. The minimum absolute atomic E-state index is 0.00541. The lowest BCUT2D eigenvalue weighted by Crippen LogP contribution is -2.16. The van der Waals surface area contributed by atoms with Gasteiger partial charge >= 0.3 is 6.30 Å². The molecule has 3 aromatic rings. The van der Waals surface area contributed by atoms with Crippen LogP contribution in [0.4, 0.5) is 13.2 Å². The molecule has 1 saturated carbocycles. The summed E-state index contributed by atoms with van der Waals surface area (Å²) in [5.41, 5.74) is 2.81. The van der Waals surface area contributed by atoms with Crippen LogP contribution in [-0.4, -0.2) is 19.7 Å². The van der Waals surface area contributed by atoms with Crippen LogP contribution in [-0.2, 0) is 6.30 Å². The van der Waals surface area contributed by atoms with Crippen molar-refractivity contribution in [3.8, 4) is 11.3 Å². The lowest BCUT2D eigenvalue weighted by molar-refractivity contribution is -0.212. The van der Waals surface area contributed by atoms with E-state index in [2.05, 4.69) is 15.1 Å². The normalized spacial score (nSPS) is 15.8. The van der Waals surface area contributed by atoms with Gasteiger partial charge < -0.3 is 4.98 Å². The molecular weight excluding hydrogens is 281 g/mol. The molecule has 1 N–H and O–H groups in total. The molecule has 4 rings (SSSR count). The van der Waals surface area contributed by atoms with Gasteiger partial charge in [0, 0.05) is 29.5 Å². The predicted octanol–water partition coefficient (Wildman–Crippen LogP) is 3.78. The number of fused-ring (bicyclic) bond motifs is 1. The Morgan fingerprint density at radius 2 is 2.10 bits per heavy atom. The summed E-state index contributed by atoms with van der Waals surface area (Å²) in [7, 11) is 0. The number of nitrogens with zero attached hydrogens (tertiary/aromatic N) is 3. The summed E-state index contributed by atoms with van der Waals surface area (Å²) in [5, 5.41) is 4.54. The zero-order valence-electron chi connectivity index (χ0n) is 10.9. The summed E-state index contributed by atoms with van der Waals surface area (Å²) < 4.78 is 37.7. The fourth-order valence-corrected chi connectivity index (χ4v) is 2.51. The molecule has 21 heavy (non-hydrogen) atoms. The van der Waals surface area contributed by atoms with Crippen molar-refractivity contribution in [2.45, 2.75) is 25.1 Å². The van der Waals surface area contributed by atoms with E-state index < -0.39 is 6.30 Å². The molecule has 7 heteroatoms. The number of aromatic amines is 1. The van der Waals surface area contributed by atoms with E-state index in [4.69, 9.17) is 0 Å². The van der Waals surface area contributed by atoms with Crippen molar-refractivity contribution in [1.82, 2.24) is 19.7 Å². The Bertz CT molecular complexity index is 811. The minimum atomic E-state index is -4.50. The van der Waals surface area contributed by atoms with Crippen molar-refractivity contribution in [1.29, 1.82) is 0 Å². The van der Waals surface area contributed by atoms with Gasteiger partial charge in [-0.3, -0.25) is 0 Å². The van der Waals surface area contributed by atoms with E-state index >= 15 is 0 Å². The molecular formula is C14H11F3N4. The van der Waals surface area contributed by atoms with E-state index in [9.17, 15) is 13.2 Å².